The highest BCUT2D eigenvalue weighted by molar-refractivity contribution is 7.11. The number of nitrogens with zero attached hydrogens (tertiary/aromatic N) is 2. The lowest BCUT2D eigenvalue weighted by Crippen LogP contribution is -1.92. The van der Waals surface area contributed by atoms with E-state index in [9.17, 15) is 0 Å². The van der Waals surface area contributed by atoms with Crippen LogP contribution in [0.25, 0.3) is 0 Å². The predicted molar refractivity (Wildman–Crippen MR) is 44.4 cm³/mol. The molecule has 1 aromatic rings. The number of aliphatic hydroxyl groups excluding tert-OH is 1. The van der Waals surface area contributed by atoms with Crippen LogP contribution in [0.5, 0.6) is 0 Å². The van der Waals surface area contributed by atoms with Crippen molar-refractivity contribution < 1.29 is 5.11 Å². The first-order valence-corrected chi connectivity index (χ1v) is 4.46. The van der Waals surface area contributed by atoms with Gasteiger partial charge in [0.1, 0.15) is 10.0 Å². The van der Waals surface area contributed by atoms with Crippen molar-refractivity contribution in [2.75, 3.05) is 0 Å². The van der Waals surface area contributed by atoms with Crippen LogP contribution in [0.1, 0.15) is 23.9 Å². The molecule has 62 valence electrons. The fourth-order valence-electron chi connectivity index (χ4n) is 0.784. The van der Waals surface area contributed by atoms with Crippen LogP contribution in [0.4, 0.5) is 0 Å². The molecule has 0 aliphatic rings. The van der Waals surface area contributed by atoms with Gasteiger partial charge in [-0.05, 0) is 5.92 Å². The summed E-state index contributed by atoms with van der Waals surface area (Å²) in [5.74, 6) is 0.606. The summed E-state index contributed by atoms with van der Waals surface area (Å²) in [7, 11) is 0. The Bertz CT molecular complexity index is 222. The second-order valence-electron chi connectivity index (χ2n) is 2.85. The SMILES string of the molecule is CC(C)Cc1nnc(CO)s1. The largest absolute Gasteiger partial charge is 0.389 e. The van der Waals surface area contributed by atoms with E-state index in [0.29, 0.717) is 10.9 Å². The fraction of sp³-hybridized carbons (Fsp3) is 0.714. The molecular formula is C7H12N2OS. The van der Waals surface area contributed by atoms with Gasteiger partial charge in [-0.2, -0.15) is 0 Å². The zero-order chi connectivity index (χ0) is 8.27. The summed E-state index contributed by atoms with van der Waals surface area (Å²) in [4.78, 5) is 0. The Morgan fingerprint density at radius 1 is 1.36 bits per heavy atom. The summed E-state index contributed by atoms with van der Waals surface area (Å²) in [5.41, 5.74) is 0. The summed E-state index contributed by atoms with van der Waals surface area (Å²) in [6.07, 6.45) is 0.956. The van der Waals surface area contributed by atoms with Crippen molar-refractivity contribution in [3.8, 4) is 0 Å². The highest BCUT2D eigenvalue weighted by Gasteiger charge is 2.04. The molecule has 1 N–H and O–H groups in total. The summed E-state index contributed by atoms with van der Waals surface area (Å²) in [5, 5.41) is 18.2. The van der Waals surface area contributed by atoms with E-state index in [1.54, 1.807) is 0 Å². The minimum Gasteiger partial charge on any atom is -0.389 e. The second-order valence-corrected chi connectivity index (χ2v) is 3.99. The standard InChI is InChI=1S/C7H12N2OS/c1-5(2)3-6-8-9-7(4-10)11-6/h5,10H,3-4H2,1-2H3. The quantitative estimate of drug-likeness (QED) is 0.746. The highest BCUT2D eigenvalue weighted by Crippen LogP contribution is 2.13. The van der Waals surface area contributed by atoms with Crippen LogP contribution in [-0.2, 0) is 13.0 Å². The van der Waals surface area contributed by atoms with Crippen molar-refractivity contribution in [3.05, 3.63) is 10.0 Å². The average Bonchev–Trinajstić information content (AvgIpc) is 2.34. The van der Waals surface area contributed by atoms with Gasteiger partial charge < -0.3 is 5.11 Å². The molecule has 0 unspecified atom stereocenters. The molecule has 0 atom stereocenters. The third-order valence-electron chi connectivity index (χ3n) is 1.23. The predicted octanol–water partition coefficient (Wildman–Crippen LogP) is 1.23. The summed E-state index contributed by atoms with van der Waals surface area (Å²) in [6, 6.07) is 0. The number of hydrogen-bond donors (Lipinski definition) is 1. The topological polar surface area (TPSA) is 46.0 Å². The van der Waals surface area contributed by atoms with Gasteiger partial charge in [-0.3, -0.25) is 0 Å². The van der Waals surface area contributed by atoms with E-state index in [-0.39, 0.29) is 6.61 Å². The van der Waals surface area contributed by atoms with Gasteiger partial charge in [0.2, 0.25) is 0 Å². The van der Waals surface area contributed by atoms with Crippen LogP contribution in [0.15, 0.2) is 0 Å². The van der Waals surface area contributed by atoms with Crippen LogP contribution < -0.4 is 0 Å². The number of hydrogen-bond acceptors (Lipinski definition) is 4. The molecule has 4 heteroatoms. The van der Waals surface area contributed by atoms with E-state index >= 15 is 0 Å². The molecule has 0 amide bonds. The van der Waals surface area contributed by atoms with Gasteiger partial charge in [0.05, 0.1) is 6.61 Å². The lowest BCUT2D eigenvalue weighted by molar-refractivity contribution is 0.280. The average molecular weight is 172 g/mol. The molecule has 1 rings (SSSR count). The Morgan fingerprint density at radius 2 is 2.00 bits per heavy atom. The van der Waals surface area contributed by atoms with E-state index in [1.807, 2.05) is 0 Å². The van der Waals surface area contributed by atoms with E-state index < -0.39 is 0 Å². The highest BCUT2D eigenvalue weighted by atomic mass is 32.1. The monoisotopic (exact) mass is 172 g/mol. The van der Waals surface area contributed by atoms with Crippen molar-refractivity contribution >= 4 is 11.3 Å². The zero-order valence-corrected chi connectivity index (χ0v) is 7.56. The summed E-state index contributed by atoms with van der Waals surface area (Å²) >= 11 is 1.49. The molecule has 0 aliphatic heterocycles. The lowest BCUT2D eigenvalue weighted by Gasteiger charge is -1.96. The molecule has 1 aromatic heterocycles. The van der Waals surface area contributed by atoms with E-state index in [4.69, 9.17) is 5.11 Å². The molecule has 0 saturated heterocycles. The van der Waals surface area contributed by atoms with Gasteiger partial charge in [-0.1, -0.05) is 25.2 Å². The number of aromatic nitrogens is 2. The lowest BCUT2D eigenvalue weighted by atomic mass is 10.1. The van der Waals surface area contributed by atoms with Gasteiger partial charge in [-0.25, -0.2) is 0 Å². The minimum absolute atomic E-state index is 0.00968. The fourth-order valence-corrected chi connectivity index (χ4v) is 1.70. The number of aliphatic hydroxyl groups is 1. The third kappa shape index (κ3) is 2.55. The summed E-state index contributed by atoms with van der Waals surface area (Å²) in [6.45, 7) is 4.29. The number of rotatable bonds is 3. The molecule has 0 fully saturated rings. The zero-order valence-electron chi connectivity index (χ0n) is 6.74. The van der Waals surface area contributed by atoms with Crippen LogP contribution in [0.2, 0.25) is 0 Å². The Kier molecular flexibility index (Phi) is 2.96. The van der Waals surface area contributed by atoms with Crippen LogP contribution in [0, 0.1) is 5.92 Å². The molecule has 0 aliphatic carbocycles. The maximum atomic E-state index is 8.69. The molecule has 1 heterocycles. The van der Waals surface area contributed by atoms with Crippen molar-refractivity contribution in [3.63, 3.8) is 0 Å². The Hall–Kier alpha value is -0.480. The van der Waals surface area contributed by atoms with Gasteiger partial charge >= 0.3 is 0 Å². The van der Waals surface area contributed by atoms with Crippen molar-refractivity contribution in [1.82, 2.24) is 10.2 Å². The Balaban J connectivity index is 2.58. The minimum atomic E-state index is 0.00968. The van der Waals surface area contributed by atoms with Crippen molar-refractivity contribution in [1.29, 1.82) is 0 Å². The van der Waals surface area contributed by atoms with Crippen molar-refractivity contribution in [2.24, 2.45) is 5.92 Å². The van der Waals surface area contributed by atoms with Gasteiger partial charge in [0.15, 0.2) is 0 Å². The molecular weight excluding hydrogens is 160 g/mol. The summed E-state index contributed by atoms with van der Waals surface area (Å²) < 4.78 is 0. The van der Waals surface area contributed by atoms with Crippen LogP contribution >= 0.6 is 11.3 Å². The van der Waals surface area contributed by atoms with Gasteiger partial charge in [0, 0.05) is 6.42 Å². The normalized spacial score (nSPS) is 10.9. The van der Waals surface area contributed by atoms with E-state index in [2.05, 4.69) is 24.0 Å². The Morgan fingerprint density at radius 3 is 2.45 bits per heavy atom. The maximum Gasteiger partial charge on any atom is 0.143 e. The van der Waals surface area contributed by atoms with E-state index in [0.717, 1.165) is 11.4 Å². The molecule has 0 aromatic carbocycles. The van der Waals surface area contributed by atoms with Crippen LogP contribution in [-0.4, -0.2) is 15.3 Å². The van der Waals surface area contributed by atoms with E-state index in [1.165, 1.54) is 11.3 Å². The van der Waals surface area contributed by atoms with Crippen molar-refractivity contribution in [2.45, 2.75) is 26.9 Å². The molecule has 11 heavy (non-hydrogen) atoms. The third-order valence-corrected chi connectivity index (χ3v) is 2.16. The van der Waals surface area contributed by atoms with Gasteiger partial charge in [-0.15, -0.1) is 10.2 Å². The Labute approximate surface area is 70.1 Å². The molecule has 0 saturated carbocycles. The molecule has 0 spiro atoms. The smallest absolute Gasteiger partial charge is 0.143 e. The van der Waals surface area contributed by atoms with Crippen LogP contribution in [0.3, 0.4) is 0 Å². The van der Waals surface area contributed by atoms with Gasteiger partial charge in [0.25, 0.3) is 0 Å². The first-order valence-electron chi connectivity index (χ1n) is 3.64. The first kappa shape index (κ1) is 8.62. The molecule has 0 bridgehead atoms. The maximum absolute atomic E-state index is 8.69. The second kappa shape index (κ2) is 3.78. The molecule has 0 radical (unpaired) electrons. The molecule has 3 nitrogen and oxygen atoms in total. The first-order chi connectivity index (χ1) is 5.22.